The highest BCUT2D eigenvalue weighted by Gasteiger charge is 2.39. The van der Waals surface area contributed by atoms with Crippen molar-refractivity contribution in [3.8, 4) is 5.75 Å². The molecular formula is C20H16ClF2NO3. The van der Waals surface area contributed by atoms with Crippen LogP contribution in [0, 0.1) is 17.6 Å². The third-order valence-corrected chi connectivity index (χ3v) is 4.27. The van der Waals surface area contributed by atoms with Crippen LogP contribution >= 0.6 is 11.6 Å². The number of carbonyl (C=O) groups is 2. The minimum absolute atomic E-state index is 0.00168. The smallest absolute Gasteiger partial charge is 0.277 e. The van der Waals surface area contributed by atoms with Crippen molar-refractivity contribution < 1.29 is 23.1 Å². The van der Waals surface area contributed by atoms with Gasteiger partial charge in [-0.2, -0.15) is 0 Å². The van der Waals surface area contributed by atoms with E-state index in [4.69, 9.17) is 16.3 Å². The zero-order chi connectivity index (χ0) is 19.7. The van der Waals surface area contributed by atoms with Gasteiger partial charge in [0.05, 0.1) is 17.9 Å². The van der Waals surface area contributed by atoms with Crippen LogP contribution in [0.25, 0.3) is 5.57 Å². The first-order valence-electron chi connectivity index (χ1n) is 8.26. The number of imide groups is 1. The van der Waals surface area contributed by atoms with Gasteiger partial charge in [0.15, 0.2) is 11.6 Å². The molecule has 0 unspecified atom stereocenters. The maximum absolute atomic E-state index is 13.5. The summed E-state index contributed by atoms with van der Waals surface area (Å²) in [7, 11) is 0. The van der Waals surface area contributed by atoms with Gasteiger partial charge in [-0.3, -0.25) is 9.59 Å². The number of nitrogens with zero attached hydrogens (tertiary/aromatic N) is 1. The number of ether oxygens (including phenoxy) is 1. The second kappa shape index (κ2) is 7.48. The predicted octanol–water partition coefficient (Wildman–Crippen LogP) is 4.52. The number of amides is 2. The van der Waals surface area contributed by atoms with Crippen LogP contribution in [0.3, 0.4) is 0 Å². The topological polar surface area (TPSA) is 46.6 Å². The highest BCUT2D eigenvalue weighted by molar-refractivity contribution is 6.60. The van der Waals surface area contributed by atoms with Crippen LogP contribution in [0.2, 0.25) is 0 Å². The third kappa shape index (κ3) is 3.71. The Morgan fingerprint density at radius 2 is 1.67 bits per heavy atom. The summed E-state index contributed by atoms with van der Waals surface area (Å²) >= 11 is 6.08. The molecule has 4 nitrogen and oxygen atoms in total. The van der Waals surface area contributed by atoms with Crippen LogP contribution in [-0.2, 0) is 9.59 Å². The van der Waals surface area contributed by atoms with Gasteiger partial charge in [-0.1, -0.05) is 37.6 Å². The van der Waals surface area contributed by atoms with Gasteiger partial charge in [0.2, 0.25) is 0 Å². The molecular weight excluding hydrogens is 376 g/mol. The van der Waals surface area contributed by atoms with E-state index in [2.05, 4.69) is 0 Å². The summed E-state index contributed by atoms with van der Waals surface area (Å²) in [5, 5.41) is -0.277. The summed E-state index contributed by atoms with van der Waals surface area (Å²) < 4.78 is 32.2. The Kier molecular flexibility index (Phi) is 5.28. The molecule has 1 heterocycles. The van der Waals surface area contributed by atoms with Crippen molar-refractivity contribution in [2.45, 2.75) is 13.8 Å². The van der Waals surface area contributed by atoms with E-state index in [-0.39, 0.29) is 16.3 Å². The second-order valence-corrected chi connectivity index (χ2v) is 6.84. The number of hydrogen-bond donors (Lipinski definition) is 0. The Morgan fingerprint density at radius 1 is 1.00 bits per heavy atom. The van der Waals surface area contributed by atoms with Gasteiger partial charge in [-0.15, -0.1) is 0 Å². The number of halogens is 3. The number of rotatable bonds is 5. The second-order valence-electron chi connectivity index (χ2n) is 6.46. The van der Waals surface area contributed by atoms with Crippen molar-refractivity contribution in [1.29, 1.82) is 0 Å². The Bertz CT molecular complexity index is 939. The van der Waals surface area contributed by atoms with Crippen LogP contribution < -0.4 is 9.64 Å². The van der Waals surface area contributed by atoms with Crippen molar-refractivity contribution in [2.24, 2.45) is 5.92 Å². The van der Waals surface area contributed by atoms with Gasteiger partial charge in [0.1, 0.15) is 10.8 Å². The molecule has 2 aromatic carbocycles. The molecule has 0 aliphatic carbocycles. The van der Waals surface area contributed by atoms with Crippen LogP contribution in [0.1, 0.15) is 19.4 Å². The maximum Gasteiger partial charge on any atom is 0.277 e. The molecule has 0 aromatic heterocycles. The molecule has 2 aromatic rings. The quantitative estimate of drug-likeness (QED) is 0.704. The van der Waals surface area contributed by atoms with Gasteiger partial charge in [-0.05, 0) is 35.7 Å². The molecule has 0 fully saturated rings. The van der Waals surface area contributed by atoms with E-state index in [1.165, 1.54) is 0 Å². The average molecular weight is 392 g/mol. The van der Waals surface area contributed by atoms with Gasteiger partial charge in [0, 0.05) is 6.07 Å². The van der Waals surface area contributed by atoms with Gasteiger partial charge >= 0.3 is 0 Å². The predicted molar refractivity (Wildman–Crippen MR) is 98.4 cm³/mol. The monoisotopic (exact) mass is 391 g/mol. The minimum Gasteiger partial charge on any atom is -0.493 e. The summed E-state index contributed by atoms with van der Waals surface area (Å²) in [4.78, 5) is 25.9. The number of carbonyl (C=O) groups excluding carboxylic acids is 2. The van der Waals surface area contributed by atoms with E-state index in [1.807, 2.05) is 13.8 Å². The Balaban J connectivity index is 1.89. The van der Waals surface area contributed by atoms with Crippen LogP contribution in [0.5, 0.6) is 5.75 Å². The molecule has 0 saturated carbocycles. The molecule has 7 heteroatoms. The molecule has 140 valence electrons. The fourth-order valence-corrected chi connectivity index (χ4v) is 2.87. The fourth-order valence-electron chi connectivity index (χ4n) is 2.59. The first-order valence-corrected chi connectivity index (χ1v) is 8.64. The zero-order valence-corrected chi connectivity index (χ0v) is 15.4. The van der Waals surface area contributed by atoms with Gasteiger partial charge in [0.25, 0.3) is 11.8 Å². The summed E-state index contributed by atoms with van der Waals surface area (Å²) in [6, 6.07) is 9.35. The van der Waals surface area contributed by atoms with E-state index in [9.17, 15) is 18.4 Å². The van der Waals surface area contributed by atoms with Gasteiger partial charge < -0.3 is 4.74 Å². The van der Waals surface area contributed by atoms with Crippen molar-refractivity contribution in [3.05, 3.63) is 64.7 Å². The van der Waals surface area contributed by atoms with Crippen LogP contribution in [0.15, 0.2) is 47.5 Å². The molecule has 1 aliphatic rings. The summed E-state index contributed by atoms with van der Waals surface area (Å²) in [5.41, 5.74) is 0.344. The largest absolute Gasteiger partial charge is 0.493 e. The molecule has 0 radical (unpaired) electrons. The van der Waals surface area contributed by atoms with Crippen molar-refractivity contribution in [1.82, 2.24) is 0 Å². The summed E-state index contributed by atoms with van der Waals surface area (Å²) in [6.07, 6.45) is 0. The van der Waals surface area contributed by atoms with Crippen molar-refractivity contribution in [2.75, 3.05) is 11.5 Å². The standard InChI is InChI=1S/C20H16ClF2NO3/c1-11(2)10-27-14-6-3-12(4-7-14)17-18(21)20(26)24(19(17)25)13-5-8-15(22)16(23)9-13/h3-9,11H,10H2,1-2H3. The lowest BCUT2D eigenvalue weighted by Crippen LogP contribution is -2.31. The molecule has 2 amide bonds. The first kappa shape index (κ1) is 19.0. The van der Waals surface area contributed by atoms with Crippen LogP contribution in [0.4, 0.5) is 14.5 Å². The molecule has 0 N–H and O–H groups in total. The van der Waals surface area contributed by atoms with Gasteiger partial charge in [-0.25, -0.2) is 13.7 Å². The lowest BCUT2D eigenvalue weighted by Gasteiger charge is -2.15. The number of anilines is 1. The molecule has 0 bridgehead atoms. The lowest BCUT2D eigenvalue weighted by atomic mass is 10.1. The highest BCUT2D eigenvalue weighted by atomic mass is 35.5. The fraction of sp³-hybridized carbons (Fsp3) is 0.200. The van der Waals surface area contributed by atoms with E-state index in [0.29, 0.717) is 23.8 Å². The third-order valence-electron chi connectivity index (χ3n) is 3.92. The molecule has 3 rings (SSSR count). The average Bonchev–Trinajstić information content (AvgIpc) is 2.85. The number of hydrogen-bond acceptors (Lipinski definition) is 3. The maximum atomic E-state index is 13.5. The SMILES string of the molecule is CC(C)COc1ccc(C2=C(Cl)C(=O)N(c3ccc(F)c(F)c3)C2=O)cc1. The molecule has 0 atom stereocenters. The summed E-state index contributed by atoms with van der Waals surface area (Å²) in [6.45, 7) is 4.59. The Morgan fingerprint density at radius 3 is 2.26 bits per heavy atom. The van der Waals surface area contributed by atoms with Crippen LogP contribution in [-0.4, -0.2) is 18.4 Å². The molecule has 0 spiro atoms. The Hall–Kier alpha value is -2.73. The lowest BCUT2D eigenvalue weighted by molar-refractivity contribution is -0.119. The van der Waals surface area contributed by atoms with E-state index in [0.717, 1.165) is 23.1 Å². The highest BCUT2D eigenvalue weighted by Crippen LogP contribution is 2.35. The zero-order valence-electron chi connectivity index (χ0n) is 14.6. The number of benzene rings is 2. The summed E-state index contributed by atoms with van der Waals surface area (Å²) in [5.74, 6) is -2.74. The van der Waals surface area contributed by atoms with Crippen molar-refractivity contribution >= 4 is 34.7 Å². The molecule has 1 aliphatic heterocycles. The van der Waals surface area contributed by atoms with Crippen molar-refractivity contribution in [3.63, 3.8) is 0 Å². The Labute approximate surface area is 160 Å². The molecule has 0 saturated heterocycles. The first-order chi connectivity index (χ1) is 12.8. The van der Waals surface area contributed by atoms with E-state index >= 15 is 0 Å². The van der Waals surface area contributed by atoms with E-state index < -0.39 is 23.4 Å². The molecule has 27 heavy (non-hydrogen) atoms. The normalized spacial score (nSPS) is 14.5. The van der Waals surface area contributed by atoms with E-state index in [1.54, 1.807) is 24.3 Å². The minimum atomic E-state index is -1.16.